The molecule has 2 aliphatic carbocycles. The van der Waals surface area contributed by atoms with E-state index in [4.69, 9.17) is 9.47 Å². The smallest absolute Gasteiger partial charge is 0.226 e. The molecular formula is C20H28N2O3. The highest BCUT2D eigenvalue weighted by Crippen LogP contribution is 2.62. The van der Waals surface area contributed by atoms with Crippen molar-refractivity contribution in [1.29, 1.82) is 0 Å². The number of para-hydroxylation sites is 2. The van der Waals surface area contributed by atoms with Gasteiger partial charge in [0, 0.05) is 36.4 Å². The summed E-state index contributed by atoms with van der Waals surface area (Å²) >= 11 is 0. The molecule has 5 heteroatoms. The summed E-state index contributed by atoms with van der Waals surface area (Å²) in [4.78, 5) is 12.4. The second-order valence-electron chi connectivity index (χ2n) is 7.83. The molecule has 4 rings (SSSR count). The molecule has 0 radical (unpaired) electrons. The maximum absolute atomic E-state index is 12.4. The van der Waals surface area contributed by atoms with Crippen LogP contribution >= 0.6 is 0 Å². The summed E-state index contributed by atoms with van der Waals surface area (Å²) < 4.78 is 11.3. The SMILES string of the molecule is COc1ccccc1NC(=O)C[C@H](C)N[C@@H]1[C@H]2CCO[C@@H]2C12CCC2. The lowest BCUT2D eigenvalue weighted by atomic mass is 9.46. The van der Waals surface area contributed by atoms with Gasteiger partial charge in [-0.2, -0.15) is 0 Å². The fourth-order valence-electron chi connectivity index (χ4n) is 5.09. The van der Waals surface area contributed by atoms with E-state index in [0.717, 1.165) is 18.7 Å². The average Bonchev–Trinajstić information content (AvgIpc) is 2.97. The van der Waals surface area contributed by atoms with Crippen molar-refractivity contribution in [3.63, 3.8) is 0 Å². The zero-order chi connectivity index (χ0) is 17.4. The second kappa shape index (κ2) is 6.61. The van der Waals surface area contributed by atoms with Crippen LogP contribution in [-0.4, -0.2) is 37.8 Å². The molecule has 1 saturated heterocycles. The molecule has 3 aliphatic rings. The Hall–Kier alpha value is -1.59. The van der Waals surface area contributed by atoms with E-state index in [1.54, 1.807) is 7.11 Å². The standard InChI is InChI=1S/C20H28N2O3/c1-13(12-17(23)22-15-6-3-4-7-16(15)24-2)21-18-14-8-11-25-19(14)20(18)9-5-10-20/h3-4,6-7,13-14,18-19,21H,5,8-12H2,1-2H3,(H,22,23)/t13-,14+,18+,19-/m0/s1. The number of amides is 1. The van der Waals surface area contributed by atoms with E-state index >= 15 is 0 Å². The van der Waals surface area contributed by atoms with Crippen molar-refractivity contribution in [1.82, 2.24) is 5.32 Å². The third kappa shape index (κ3) is 2.83. The number of nitrogens with one attached hydrogen (secondary N) is 2. The van der Waals surface area contributed by atoms with Crippen molar-refractivity contribution >= 4 is 11.6 Å². The van der Waals surface area contributed by atoms with E-state index < -0.39 is 0 Å². The minimum atomic E-state index is 0.0192. The van der Waals surface area contributed by atoms with Crippen LogP contribution in [-0.2, 0) is 9.53 Å². The summed E-state index contributed by atoms with van der Waals surface area (Å²) in [5.41, 5.74) is 1.08. The highest BCUT2D eigenvalue weighted by atomic mass is 16.5. The Labute approximate surface area is 149 Å². The highest BCUT2D eigenvalue weighted by molar-refractivity contribution is 5.92. The third-order valence-corrected chi connectivity index (χ3v) is 6.37. The number of fused-ring (bicyclic) bond motifs is 2. The number of hydrogen-bond donors (Lipinski definition) is 2. The summed E-state index contributed by atoms with van der Waals surface area (Å²) in [7, 11) is 1.61. The van der Waals surface area contributed by atoms with Gasteiger partial charge < -0.3 is 20.1 Å². The molecule has 2 N–H and O–H groups in total. The number of anilines is 1. The van der Waals surface area contributed by atoms with Crippen molar-refractivity contribution in [2.45, 2.75) is 57.2 Å². The lowest BCUT2D eigenvalue weighted by molar-refractivity contribution is -0.178. The number of hydrogen-bond acceptors (Lipinski definition) is 4. The van der Waals surface area contributed by atoms with Gasteiger partial charge in [0.05, 0.1) is 18.9 Å². The minimum absolute atomic E-state index is 0.0192. The molecule has 1 amide bonds. The first kappa shape index (κ1) is 16.9. The van der Waals surface area contributed by atoms with Crippen molar-refractivity contribution in [2.24, 2.45) is 11.3 Å². The Morgan fingerprint density at radius 1 is 1.40 bits per heavy atom. The fraction of sp³-hybridized carbons (Fsp3) is 0.650. The molecule has 1 aromatic carbocycles. The van der Waals surface area contributed by atoms with Crippen LogP contribution < -0.4 is 15.4 Å². The van der Waals surface area contributed by atoms with Crippen LogP contribution in [0.25, 0.3) is 0 Å². The largest absolute Gasteiger partial charge is 0.495 e. The first-order valence-corrected chi connectivity index (χ1v) is 9.44. The Kier molecular flexibility index (Phi) is 4.46. The monoisotopic (exact) mass is 344 g/mol. The van der Waals surface area contributed by atoms with Crippen LogP contribution in [0.2, 0.25) is 0 Å². The maximum atomic E-state index is 12.4. The summed E-state index contributed by atoms with van der Waals surface area (Å²) in [6.45, 7) is 3.01. The zero-order valence-corrected chi connectivity index (χ0v) is 15.1. The Morgan fingerprint density at radius 3 is 2.92 bits per heavy atom. The number of rotatable bonds is 6. The van der Waals surface area contributed by atoms with Gasteiger partial charge in [-0.3, -0.25) is 4.79 Å². The predicted octanol–water partition coefficient (Wildman–Crippen LogP) is 2.96. The minimum Gasteiger partial charge on any atom is -0.495 e. The summed E-state index contributed by atoms with van der Waals surface area (Å²) in [5, 5.41) is 6.72. The molecule has 1 aliphatic heterocycles. The molecule has 136 valence electrons. The van der Waals surface area contributed by atoms with Crippen LogP contribution in [0.3, 0.4) is 0 Å². The Morgan fingerprint density at radius 2 is 2.20 bits per heavy atom. The van der Waals surface area contributed by atoms with Gasteiger partial charge in [-0.1, -0.05) is 18.6 Å². The van der Waals surface area contributed by atoms with Crippen molar-refractivity contribution < 1.29 is 14.3 Å². The van der Waals surface area contributed by atoms with Gasteiger partial charge in [0.25, 0.3) is 0 Å². The van der Waals surface area contributed by atoms with E-state index in [1.165, 1.54) is 19.3 Å². The molecule has 2 saturated carbocycles. The van der Waals surface area contributed by atoms with E-state index in [2.05, 4.69) is 17.6 Å². The van der Waals surface area contributed by atoms with Gasteiger partial charge in [-0.15, -0.1) is 0 Å². The molecule has 4 atom stereocenters. The summed E-state index contributed by atoms with van der Waals surface area (Å²) in [5.74, 6) is 1.35. The topological polar surface area (TPSA) is 59.6 Å². The molecule has 3 fully saturated rings. The lowest BCUT2D eigenvalue weighted by Gasteiger charge is -2.64. The van der Waals surface area contributed by atoms with Gasteiger partial charge in [0.15, 0.2) is 0 Å². The van der Waals surface area contributed by atoms with Gasteiger partial charge in [-0.05, 0) is 38.3 Å². The van der Waals surface area contributed by atoms with Gasteiger partial charge in [0.1, 0.15) is 5.75 Å². The normalized spacial score (nSPS) is 30.1. The third-order valence-electron chi connectivity index (χ3n) is 6.37. The zero-order valence-electron chi connectivity index (χ0n) is 15.1. The molecule has 25 heavy (non-hydrogen) atoms. The van der Waals surface area contributed by atoms with Crippen LogP contribution in [0.1, 0.15) is 39.0 Å². The van der Waals surface area contributed by atoms with E-state index in [0.29, 0.717) is 35.6 Å². The molecule has 1 spiro atoms. The molecule has 5 nitrogen and oxygen atoms in total. The van der Waals surface area contributed by atoms with E-state index in [-0.39, 0.29) is 11.9 Å². The van der Waals surface area contributed by atoms with Crippen molar-refractivity contribution in [2.75, 3.05) is 19.0 Å². The number of methoxy groups -OCH3 is 1. The summed E-state index contributed by atoms with van der Waals surface area (Å²) in [6, 6.07) is 8.18. The quantitative estimate of drug-likeness (QED) is 0.833. The number of carbonyl (C=O) groups excluding carboxylic acids is 1. The van der Waals surface area contributed by atoms with Gasteiger partial charge in [-0.25, -0.2) is 0 Å². The van der Waals surface area contributed by atoms with Crippen LogP contribution in [0, 0.1) is 11.3 Å². The maximum Gasteiger partial charge on any atom is 0.226 e. The van der Waals surface area contributed by atoms with Crippen LogP contribution in [0.4, 0.5) is 5.69 Å². The summed E-state index contributed by atoms with van der Waals surface area (Å²) in [6.07, 6.45) is 5.94. The molecule has 0 bridgehead atoms. The molecule has 1 aromatic rings. The Balaban J connectivity index is 1.33. The molecular weight excluding hydrogens is 316 g/mol. The molecule has 0 unspecified atom stereocenters. The Bertz CT molecular complexity index is 644. The van der Waals surface area contributed by atoms with Crippen molar-refractivity contribution in [3.05, 3.63) is 24.3 Å². The van der Waals surface area contributed by atoms with Gasteiger partial charge >= 0.3 is 0 Å². The molecule has 1 heterocycles. The average molecular weight is 344 g/mol. The number of ether oxygens (including phenoxy) is 2. The van der Waals surface area contributed by atoms with E-state index in [9.17, 15) is 4.79 Å². The second-order valence-corrected chi connectivity index (χ2v) is 7.83. The lowest BCUT2D eigenvalue weighted by Crippen LogP contribution is -2.72. The first-order valence-electron chi connectivity index (χ1n) is 9.44. The van der Waals surface area contributed by atoms with E-state index in [1.807, 2.05) is 24.3 Å². The van der Waals surface area contributed by atoms with Crippen LogP contribution in [0.15, 0.2) is 24.3 Å². The number of benzene rings is 1. The predicted molar refractivity (Wildman–Crippen MR) is 96.8 cm³/mol. The first-order chi connectivity index (χ1) is 12.1. The van der Waals surface area contributed by atoms with Crippen molar-refractivity contribution in [3.8, 4) is 5.75 Å². The fourth-order valence-corrected chi connectivity index (χ4v) is 5.09. The number of carbonyl (C=O) groups is 1. The molecule has 0 aromatic heterocycles. The van der Waals surface area contributed by atoms with Gasteiger partial charge in [0.2, 0.25) is 5.91 Å². The highest BCUT2D eigenvalue weighted by Gasteiger charge is 2.66. The van der Waals surface area contributed by atoms with Crippen LogP contribution in [0.5, 0.6) is 5.75 Å².